The molecule has 0 aliphatic heterocycles. The molecule has 0 saturated heterocycles. The van der Waals surface area contributed by atoms with Crippen molar-refractivity contribution in [2.45, 2.75) is 34.3 Å². The number of methoxy groups -OCH3 is 1. The van der Waals surface area contributed by atoms with Crippen LogP contribution in [-0.4, -0.2) is 23.6 Å². The van der Waals surface area contributed by atoms with E-state index >= 15 is 0 Å². The van der Waals surface area contributed by atoms with Gasteiger partial charge in [0.05, 0.1) is 0 Å². The number of nitrogens with zero attached hydrogens (tertiary/aromatic N) is 2. The third-order valence-electron chi connectivity index (χ3n) is 3.13. The molecule has 1 aromatic heterocycles. The first-order valence-electron chi connectivity index (χ1n) is 6.19. The van der Waals surface area contributed by atoms with Crippen LogP contribution in [0.25, 0.3) is 0 Å². The van der Waals surface area contributed by atoms with Gasteiger partial charge < -0.3 is 15.8 Å². The number of rotatable bonds is 5. The smallest absolute Gasteiger partial charge is 0.158 e. The summed E-state index contributed by atoms with van der Waals surface area (Å²) in [5.74, 6) is 2.34. The van der Waals surface area contributed by atoms with Crippen LogP contribution in [-0.2, 0) is 11.3 Å². The van der Waals surface area contributed by atoms with E-state index in [9.17, 15) is 0 Å². The van der Waals surface area contributed by atoms with Gasteiger partial charge in [0, 0.05) is 19.7 Å². The third-order valence-corrected chi connectivity index (χ3v) is 3.13. The molecule has 0 bridgehead atoms. The van der Waals surface area contributed by atoms with Crippen molar-refractivity contribution in [3.05, 3.63) is 11.9 Å². The molecule has 3 N–H and O–H groups in total. The molecule has 1 aromatic rings. The SMILES string of the molecule is COCc1nc(N)cc(NCC(C)C(C)(C)C)n1. The van der Waals surface area contributed by atoms with Crippen molar-refractivity contribution in [1.82, 2.24) is 9.97 Å². The summed E-state index contributed by atoms with van der Waals surface area (Å²) in [6, 6.07) is 1.74. The average Bonchev–Trinajstić information content (AvgIpc) is 2.24. The van der Waals surface area contributed by atoms with E-state index in [1.54, 1.807) is 13.2 Å². The van der Waals surface area contributed by atoms with Crippen molar-refractivity contribution in [1.29, 1.82) is 0 Å². The van der Waals surface area contributed by atoms with Crippen molar-refractivity contribution in [3.8, 4) is 0 Å². The van der Waals surface area contributed by atoms with Crippen LogP contribution in [0.4, 0.5) is 11.6 Å². The Bertz CT molecular complexity index is 387. The minimum Gasteiger partial charge on any atom is -0.384 e. The summed E-state index contributed by atoms with van der Waals surface area (Å²) < 4.78 is 5.01. The minimum absolute atomic E-state index is 0.265. The van der Waals surface area contributed by atoms with E-state index < -0.39 is 0 Å². The Labute approximate surface area is 109 Å². The van der Waals surface area contributed by atoms with E-state index in [0.29, 0.717) is 24.2 Å². The summed E-state index contributed by atoms with van der Waals surface area (Å²) >= 11 is 0. The maximum absolute atomic E-state index is 5.74. The van der Waals surface area contributed by atoms with Gasteiger partial charge in [0.1, 0.15) is 18.2 Å². The van der Waals surface area contributed by atoms with Crippen LogP contribution in [0.2, 0.25) is 0 Å². The molecule has 0 fully saturated rings. The van der Waals surface area contributed by atoms with Crippen molar-refractivity contribution < 1.29 is 4.74 Å². The predicted octanol–water partition coefficient (Wildman–Crippen LogP) is 2.30. The highest BCUT2D eigenvalue weighted by Gasteiger charge is 2.19. The van der Waals surface area contributed by atoms with Crippen LogP contribution < -0.4 is 11.1 Å². The highest BCUT2D eigenvalue weighted by atomic mass is 16.5. The van der Waals surface area contributed by atoms with Crippen LogP contribution >= 0.6 is 0 Å². The number of anilines is 2. The normalized spacial score (nSPS) is 13.4. The van der Waals surface area contributed by atoms with Gasteiger partial charge in [-0.2, -0.15) is 0 Å². The first kappa shape index (κ1) is 14.7. The van der Waals surface area contributed by atoms with Crippen LogP contribution in [0.3, 0.4) is 0 Å². The molecule has 102 valence electrons. The lowest BCUT2D eigenvalue weighted by Crippen LogP contribution is -2.25. The second-order valence-electron chi connectivity index (χ2n) is 5.68. The van der Waals surface area contributed by atoms with E-state index in [1.807, 2.05) is 0 Å². The molecule has 0 aromatic carbocycles. The number of ether oxygens (including phenoxy) is 1. The molecular formula is C13H24N4O. The molecule has 1 rings (SSSR count). The third kappa shape index (κ3) is 4.49. The quantitative estimate of drug-likeness (QED) is 0.841. The zero-order valence-corrected chi connectivity index (χ0v) is 11.9. The molecule has 0 aliphatic rings. The molecule has 5 nitrogen and oxygen atoms in total. The summed E-state index contributed by atoms with van der Waals surface area (Å²) in [6.45, 7) is 10.1. The number of nitrogens with one attached hydrogen (secondary N) is 1. The lowest BCUT2D eigenvalue weighted by Gasteiger charge is -2.27. The molecule has 5 heteroatoms. The molecule has 0 amide bonds. The minimum atomic E-state index is 0.265. The maximum atomic E-state index is 5.74. The molecular weight excluding hydrogens is 228 g/mol. The van der Waals surface area contributed by atoms with Crippen LogP contribution in [0.15, 0.2) is 6.07 Å². The number of hydrogen-bond donors (Lipinski definition) is 2. The second-order valence-corrected chi connectivity index (χ2v) is 5.68. The van der Waals surface area contributed by atoms with Crippen molar-refractivity contribution in [3.63, 3.8) is 0 Å². The Morgan fingerprint density at radius 1 is 1.39 bits per heavy atom. The van der Waals surface area contributed by atoms with Crippen molar-refractivity contribution >= 4 is 11.6 Å². The summed E-state index contributed by atoms with van der Waals surface area (Å²) in [5.41, 5.74) is 6.00. The topological polar surface area (TPSA) is 73.1 Å². The van der Waals surface area contributed by atoms with Crippen molar-refractivity contribution in [2.24, 2.45) is 11.3 Å². The first-order chi connectivity index (χ1) is 8.32. The van der Waals surface area contributed by atoms with Gasteiger partial charge in [-0.25, -0.2) is 9.97 Å². The monoisotopic (exact) mass is 252 g/mol. The Hall–Kier alpha value is -1.36. The van der Waals surface area contributed by atoms with Gasteiger partial charge in [-0.1, -0.05) is 27.7 Å². The highest BCUT2D eigenvalue weighted by Crippen LogP contribution is 2.25. The zero-order chi connectivity index (χ0) is 13.8. The summed E-state index contributed by atoms with van der Waals surface area (Å²) in [7, 11) is 1.61. The standard InChI is InChI=1S/C13H24N4O/c1-9(13(2,3)4)7-15-11-6-10(14)16-12(17-11)8-18-5/h6,9H,7-8H2,1-5H3,(H3,14,15,16,17). The van der Waals surface area contributed by atoms with E-state index in [0.717, 1.165) is 12.4 Å². The van der Waals surface area contributed by atoms with Gasteiger partial charge in [0.25, 0.3) is 0 Å². The lowest BCUT2D eigenvalue weighted by atomic mass is 9.82. The summed E-state index contributed by atoms with van der Waals surface area (Å²) in [4.78, 5) is 8.45. The Morgan fingerprint density at radius 2 is 2.06 bits per heavy atom. The van der Waals surface area contributed by atoms with Gasteiger partial charge in [0.2, 0.25) is 0 Å². The molecule has 0 radical (unpaired) electrons. The molecule has 1 atom stereocenters. The summed E-state index contributed by atoms with van der Waals surface area (Å²) in [6.07, 6.45) is 0. The van der Waals surface area contributed by atoms with Gasteiger partial charge in [-0.3, -0.25) is 0 Å². The van der Waals surface area contributed by atoms with E-state index in [-0.39, 0.29) is 5.41 Å². The maximum Gasteiger partial charge on any atom is 0.158 e. The van der Waals surface area contributed by atoms with Crippen LogP contribution in [0.1, 0.15) is 33.5 Å². The fourth-order valence-corrected chi connectivity index (χ4v) is 1.37. The Balaban J connectivity index is 2.67. The highest BCUT2D eigenvalue weighted by molar-refractivity contribution is 5.44. The van der Waals surface area contributed by atoms with Gasteiger partial charge >= 0.3 is 0 Å². The number of nitrogen functional groups attached to an aromatic ring is 1. The van der Waals surface area contributed by atoms with Crippen LogP contribution in [0.5, 0.6) is 0 Å². The van der Waals surface area contributed by atoms with E-state index in [2.05, 4.69) is 43.0 Å². The van der Waals surface area contributed by atoms with Gasteiger partial charge in [0.15, 0.2) is 5.82 Å². The molecule has 18 heavy (non-hydrogen) atoms. The zero-order valence-electron chi connectivity index (χ0n) is 11.9. The Kier molecular flexibility index (Phi) is 4.90. The number of hydrogen-bond acceptors (Lipinski definition) is 5. The number of nitrogens with two attached hydrogens (primary N) is 1. The largest absolute Gasteiger partial charge is 0.384 e. The summed E-state index contributed by atoms with van der Waals surface area (Å²) in [5, 5.41) is 3.30. The molecule has 1 heterocycles. The van der Waals surface area contributed by atoms with Gasteiger partial charge in [-0.15, -0.1) is 0 Å². The van der Waals surface area contributed by atoms with Gasteiger partial charge in [-0.05, 0) is 11.3 Å². The molecule has 1 unspecified atom stereocenters. The fraction of sp³-hybridized carbons (Fsp3) is 0.692. The van der Waals surface area contributed by atoms with Crippen molar-refractivity contribution in [2.75, 3.05) is 24.7 Å². The van der Waals surface area contributed by atoms with E-state index in [1.165, 1.54) is 0 Å². The average molecular weight is 252 g/mol. The Morgan fingerprint density at radius 3 is 2.61 bits per heavy atom. The number of aromatic nitrogens is 2. The second kappa shape index (κ2) is 6.00. The van der Waals surface area contributed by atoms with Crippen LogP contribution in [0, 0.1) is 11.3 Å². The fourth-order valence-electron chi connectivity index (χ4n) is 1.37. The molecule has 0 spiro atoms. The molecule has 0 saturated carbocycles. The lowest BCUT2D eigenvalue weighted by molar-refractivity contribution is 0.178. The van der Waals surface area contributed by atoms with E-state index in [4.69, 9.17) is 10.5 Å². The molecule has 0 aliphatic carbocycles. The predicted molar refractivity (Wildman–Crippen MR) is 74.3 cm³/mol. The first-order valence-corrected chi connectivity index (χ1v) is 6.19.